The highest BCUT2D eigenvalue weighted by Gasteiger charge is 2.01. The monoisotopic (exact) mass is 212 g/mol. The van der Waals surface area contributed by atoms with Gasteiger partial charge in [-0.3, -0.25) is 0 Å². The molecule has 0 radical (unpaired) electrons. The highest BCUT2D eigenvalue weighted by Crippen LogP contribution is 2.10. The number of methoxy groups -OCH3 is 1. The van der Waals surface area contributed by atoms with Crippen molar-refractivity contribution in [3.8, 4) is 0 Å². The van der Waals surface area contributed by atoms with Gasteiger partial charge >= 0.3 is 5.97 Å². The first kappa shape index (κ1) is 14.2. The van der Waals surface area contributed by atoms with Crippen LogP contribution in [0.3, 0.4) is 0 Å². The van der Waals surface area contributed by atoms with Crippen molar-refractivity contribution in [3.63, 3.8) is 0 Å². The van der Waals surface area contributed by atoms with Crippen molar-refractivity contribution in [2.75, 3.05) is 7.11 Å². The van der Waals surface area contributed by atoms with Gasteiger partial charge in [-0.15, -0.1) is 0 Å². The summed E-state index contributed by atoms with van der Waals surface area (Å²) >= 11 is 0. The Balaban J connectivity index is 3.48. The van der Waals surface area contributed by atoms with Crippen LogP contribution in [0.15, 0.2) is 11.6 Å². The molecule has 0 bridgehead atoms. The first-order valence-corrected chi connectivity index (χ1v) is 5.83. The van der Waals surface area contributed by atoms with Crippen LogP contribution < -0.4 is 0 Å². The Hall–Kier alpha value is -0.790. The van der Waals surface area contributed by atoms with Crippen LogP contribution in [0.25, 0.3) is 0 Å². The highest BCUT2D eigenvalue weighted by molar-refractivity contribution is 5.87. The third-order valence-electron chi connectivity index (χ3n) is 2.44. The molecule has 0 aromatic rings. The summed E-state index contributed by atoms with van der Waals surface area (Å²) in [6, 6.07) is 0. The van der Waals surface area contributed by atoms with Gasteiger partial charge in [-0.05, 0) is 25.7 Å². The molecule has 0 unspecified atom stereocenters. The van der Waals surface area contributed by atoms with Gasteiger partial charge in [0, 0.05) is 5.57 Å². The van der Waals surface area contributed by atoms with E-state index in [4.69, 9.17) is 0 Å². The van der Waals surface area contributed by atoms with E-state index in [0.717, 1.165) is 17.9 Å². The first-order chi connectivity index (χ1) is 7.07. The van der Waals surface area contributed by atoms with Crippen LogP contribution in [-0.4, -0.2) is 13.1 Å². The topological polar surface area (TPSA) is 26.3 Å². The van der Waals surface area contributed by atoms with E-state index in [1.54, 1.807) is 6.92 Å². The Morgan fingerprint density at radius 1 is 1.27 bits per heavy atom. The van der Waals surface area contributed by atoms with Gasteiger partial charge in [0.25, 0.3) is 0 Å². The second-order valence-corrected chi connectivity index (χ2v) is 4.41. The molecule has 0 amide bonds. The zero-order valence-electron chi connectivity index (χ0n) is 10.5. The number of unbranched alkanes of at least 4 members (excludes halogenated alkanes) is 3. The average molecular weight is 212 g/mol. The van der Waals surface area contributed by atoms with Gasteiger partial charge in [-0.2, -0.15) is 0 Å². The number of allylic oxidation sites excluding steroid dienone is 1. The van der Waals surface area contributed by atoms with Crippen molar-refractivity contribution < 1.29 is 9.53 Å². The van der Waals surface area contributed by atoms with Crippen molar-refractivity contribution in [2.24, 2.45) is 5.92 Å². The molecule has 0 N–H and O–H groups in total. The summed E-state index contributed by atoms with van der Waals surface area (Å²) in [5, 5.41) is 0. The molecule has 0 saturated heterocycles. The molecule has 0 aromatic carbocycles. The molecule has 0 fully saturated rings. The van der Waals surface area contributed by atoms with Gasteiger partial charge < -0.3 is 4.74 Å². The molecule has 15 heavy (non-hydrogen) atoms. The lowest BCUT2D eigenvalue weighted by Crippen LogP contribution is -2.01. The van der Waals surface area contributed by atoms with Gasteiger partial charge in [-0.25, -0.2) is 4.79 Å². The normalized spacial score (nSPS) is 11.9. The number of esters is 1. The van der Waals surface area contributed by atoms with Crippen LogP contribution in [0.4, 0.5) is 0 Å². The Morgan fingerprint density at radius 3 is 2.47 bits per heavy atom. The standard InChI is InChI=1S/C13H24O2/c1-11(2)9-7-5-6-8-10-12(3)13(14)15-4/h10-11H,5-9H2,1-4H3. The first-order valence-electron chi connectivity index (χ1n) is 5.83. The van der Waals surface area contributed by atoms with E-state index in [2.05, 4.69) is 18.6 Å². The van der Waals surface area contributed by atoms with E-state index in [1.807, 2.05) is 6.08 Å². The third-order valence-corrected chi connectivity index (χ3v) is 2.44. The van der Waals surface area contributed by atoms with Crippen LogP contribution in [0.1, 0.15) is 52.9 Å². The predicted octanol–water partition coefficient (Wildman–Crippen LogP) is 3.71. The van der Waals surface area contributed by atoms with E-state index < -0.39 is 0 Å². The average Bonchev–Trinajstić information content (AvgIpc) is 2.21. The third kappa shape index (κ3) is 8.22. The summed E-state index contributed by atoms with van der Waals surface area (Å²) in [7, 11) is 1.42. The molecule has 0 aliphatic rings. The SMILES string of the molecule is COC(=O)C(C)=CCCCCCC(C)C. The molecule has 0 atom stereocenters. The predicted molar refractivity (Wildman–Crippen MR) is 63.7 cm³/mol. The van der Waals surface area contributed by atoms with Crippen molar-refractivity contribution in [1.82, 2.24) is 0 Å². The Bertz CT molecular complexity index is 205. The molecule has 0 spiro atoms. The fourth-order valence-electron chi connectivity index (χ4n) is 1.44. The Labute approximate surface area is 93.7 Å². The van der Waals surface area contributed by atoms with Gasteiger partial charge in [0.15, 0.2) is 0 Å². The molecular formula is C13H24O2. The van der Waals surface area contributed by atoms with Crippen LogP contribution in [0.5, 0.6) is 0 Å². The fraction of sp³-hybridized carbons (Fsp3) is 0.769. The summed E-state index contributed by atoms with van der Waals surface area (Å²) < 4.78 is 4.61. The zero-order chi connectivity index (χ0) is 11.7. The minimum Gasteiger partial charge on any atom is -0.466 e. The Kier molecular flexibility index (Phi) is 8.06. The minimum atomic E-state index is -0.211. The maximum atomic E-state index is 11.0. The zero-order valence-corrected chi connectivity index (χ0v) is 10.5. The quantitative estimate of drug-likeness (QED) is 0.365. The number of hydrogen-bond acceptors (Lipinski definition) is 2. The maximum Gasteiger partial charge on any atom is 0.333 e. The lowest BCUT2D eigenvalue weighted by molar-refractivity contribution is -0.136. The molecule has 0 aromatic heterocycles. The van der Waals surface area contributed by atoms with Crippen molar-refractivity contribution >= 4 is 5.97 Å². The molecule has 0 saturated carbocycles. The number of carbonyl (C=O) groups excluding carboxylic acids is 1. The molecule has 88 valence electrons. The highest BCUT2D eigenvalue weighted by atomic mass is 16.5. The summed E-state index contributed by atoms with van der Waals surface area (Å²) in [5.41, 5.74) is 0.723. The Morgan fingerprint density at radius 2 is 1.93 bits per heavy atom. The van der Waals surface area contributed by atoms with E-state index in [-0.39, 0.29) is 5.97 Å². The van der Waals surface area contributed by atoms with Crippen LogP contribution in [-0.2, 0) is 9.53 Å². The van der Waals surface area contributed by atoms with E-state index in [0.29, 0.717) is 0 Å². The lowest BCUT2D eigenvalue weighted by Gasteiger charge is -2.03. The minimum absolute atomic E-state index is 0.211. The van der Waals surface area contributed by atoms with Gasteiger partial charge in [0.2, 0.25) is 0 Å². The second kappa shape index (κ2) is 8.51. The van der Waals surface area contributed by atoms with Crippen LogP contribution in [0.2, 0.25) is 0 Å². The van der Waals surface area contributed by atoms with Crippen molar-refractivity contribution in [1.29, 1.82) is 0 Å². The van der Waals surface area contributed by atoms with E-state index in [9.17, 15) is 4.79 Å². The molecule has 0 heterocycles. The van der Waals surface area contributed by atoms with Gasteiger partial charge in [0.05, 0.1) is 7.11 Å². The molecule has 0 rings (SSSR count). The van der Waals surface area contributed by atoms with Crippen LogP contribution in [0, 0.1) is 5.92 Å². The molecule has 0 aliphatic carbocycles. The molecular weight excluding hydrogens is 188 g/mol. The lowest BCUT2D eigenvalue weighted by atomic mass is 10.0. The largest absolute Gasteiger partial charge is 0.466 e. The number of rotatable bonds is 7. The molecule has 2 nitrogen and oxygen atoms in total. The van der Waals surface area contributed by atoms with E-state index in [1.165, 1.54) is 32.8 Å². The number of hydrogen-bond donors (Lipinski definition) is 0. The van der Waals surface area contributed by atoms with Crippen LogP contribution >= 0.6 is 0 Å². The molecule has 2 heteroatoms. The number of ether oxygens (including phenoxy) is 1. The summed E-state index contributed by atoms with van der Waals surface area (Å²) in [6.45, 7) is 6.31. The summed E-state index contributed by atoms with van der Waals surface area (Å²) in [6.07, 6.45) is 7.98. The maximum absolute atomic E-state index is 11.0. The molecule has 0 aliphatic heterocycles. The van der Waals surface area contributed by atoms with Crippen molar-refractivity contribution in [3.05, 3.63) is 11.6 Å². The smallest absolute Gasteiger partial charge is 0.333 e. The number of carbonyl (C=O) groups is 1. The fourth-order valence-corrected chi connectivity index (χ4v) is 1.44. The van der Waals surface area contributed by atoms with Gasteiger partial charge in [0.1, 0.15) is 0 Å². The second-order valence-electron chi connectivity index (χ2n) is 4.41. The summed E-state index contributed by atoms with van der Waals surface area (Å²) in [4.78, 5) is 11.0. The summed E-state index contributed by atoms with van der Waals surface area (Å²) in [5.74, 6) is 0.592. The van der Waals surface area contributed by atoms with Crippen molar-refractivity contribution in [2.45, 2.75) is 52.9 Å². The van der Waals surface area contributed by atoms with Gasteiger partial charge in [-0.1, -0.05) is 39.2 Å². The van der Waals surface area contributed by atoms with E-state index >= 15 is 0 Å².